The maximum atomic E-state index is 13.5. The number of benzene rings is 1. The van der Waals surface area contributed by atoms with Crippen LogP contribution in [0.5, 0.6) is 0 Å². The molecule has 1 aromatic carbocycles. The van der Waals surface area contributed by atoms with Crippen molar-refractivity contribution in [2.45, 2.75) is 26.9 Å². The van der Waals surface area contributed by atoms with Crippen LogP contribution in [0, 0.1) is 12.7 Å². The van der Waals surface area contributed by atoms with Gasteiger partial charge >= 0.3 is 0 Å². The van der Waals surface area contributed by atoms with Crippen molar-refractivity contribution in [3.63, 3.8) is 0 Å². The lowest BCUT2D eigenvalue weighted by Gasteiger charge is -2.11. The summed E-state index contributed by atoms with van der Waals surface area (Å²) in [6.45, 7) is 5.76. The summed E-state index contributed by atoms with van der Waals surface area (Å²) in [6.07, 6.45) is 0. The first kappa shape index (κ1) is 15.5. The van der Waals surface area contributed by atoms with Crippen LogP contribution in [0.1, 0.15) is 23.6 Å². The Morgan fingerprint density at radius 3 is 2.76 bits per heavy atom. The van der Waals surface area contributed by atoms with E-state index in [4.69, 9.17) is 0 Å². The summed E-state index contributed by atoms with van der Waals surface area (Å²) >= 11 is 1.67. The first-order valence-electron chi connectivity index (χ1n) is 6.97. The lowest BCUT2D eigenvalue weighted by Crippen LogP contribution is -2.36. The molecule has 0 atom stereocenters. The van der Waals surface area contributed by atoms with Crippen molar-refractivity contribution in [1.29, 1.82) is 0 Å². The summed E-state index contributed by atoms with van der Waals surface area (Å²) in [5.41, 5.74) is 2.76. The minimum absolute atomic E-state index is 0.172. The van der Waals surface area contributed by atoms with Gasteiger partial charge in [0.15, 0.2) is 5.96 Å². The normalized spacial score (nSPS) is 11.5. The highest BCUT2D eigenvalue weighted by molar-refractivity contribution is 7.07. The smallest absolute Gasteiger partial charge is 0.191 e. The molecule has 0 aliphatic rings. The van der Waals surface area contributed by atoms with Gasteiger partial charge in [0.25, 0.3) is 0 Å². The van der Waals surface area contributed by atoms with Crippen LogP contribution in [0.2, 0.25) is 0 Å². The lowest BCUT2D eigenvalue weighted by molar-refractivity contribution is 0.615. The number of nitrogens with one attached hydrogen (secondary N) is 2. The molecular formula is C16H20FN3S. The van der Waals surface area contributed by atoms with Gasteiger partial charge in [-0.05, 0) is 53.4 Å². The molecule has 0 fully saturated rings. The van der Waals surface area contributed by atoms with Crippen molar-refractivity contribution in [2.24, 2.45) is 4.99 Å². The van der Waals surface area contributed by atoms with Crippen LogP contribution in [0.15, 0.2) is 40.0 Å². The van der Waals surface area contributed by atoms with Gasteiger partial charge in [0.2, 0.25) is 0 Å². The first-order valence-corrected chi connectivity index (χ1v) is 7.91. The highest BCUT2D eigenvalue weighted by atomic mass is 32.1. The van der Waals surface area contributed by atoms with Gasteiger partial charge in [-0.1, -0.05) is 12.1 Å². The van der Waals surface area contributed by atoms with E-state index in [2.05, 4.69) is 27.1 Å². The van der Waals surface area contributed by atoms with Gasteiger partial charge < -0.3 is 10.6 Å². The van der Waals surface area contributed by atoms with E-state index in [0.717, 1.165) is 18.1 Å². The molecule has 0 aliphatic carbocycles. The summed E-state index contributed by atoms with van der Waals surface area (Å²) in [7, 11) is 0. The Morgan fingerprint density at radius 1 is 1.24 bits per heavy atom. The van der Waals surface area contributed by atoms with Gasteiger partial charge in [-0.2, -0.15) is 11.3 Å². The number of thiophene rings is 1. The zero-order valence-corrected chi connectivity index (χ0v) is 13.1. The van der Waals surface area contributed by atoms with Gasteiger partial charge in [0.1, 0.15) is 5.82 Å². The Kier molecular flexibility index (Phi) is 5.75. The summed E-state index contributed by atoms with van der Waals surface area (Å²) < 4.78 is 13.5. The number of aryl methyl sites for hydroxylation is 1. The third-order valence-electron chi connectivity index (χ3n) is 3.04. The monoisotopic (exact) mass is 305 g/mol. The van der Waals surface area contributed by atoms with E-state index in [1.54, 1.807) is 30.4 Å². The minimum atomic E-state index is -0.172. The number of hydrogen-bond donors (Lipinski definition) is 2. The highest BCUT2D eigenvalue weighted by Crippen LogP contribution is 2.09. The molecule has 1 aromatic heterocycles. The number of guanidine groups is 1. The average molecular weight is 305 g/mol. The molecule has 2 N–H and O–H groups in total. The first-order chi connectivity index (χ1) is 10.2. The molecule has 0 spiro atoms. The van der Waals surface area contributed by atoms with Crippen LogP contribution in [-0.4, -0.2) is 12.5 Å². The second-order valence-electron chi connectivity index (χ2n) is 4.76. The fourth-order valence-corrected chi connectivity index (χ4v) is 2.49. The number of aliphatic imine (C=N–C) groups is 1. The van der Waals surface area contributed by atoms with Crippen molar-refractivity contribution >= 4 is 17.3 Å². The molecule has 0 saturated carbocycles. The fourth-order valence-electron chi connectivity index (χ4n) is 1.83. The Morgan fingerprint density at radius 2 is 2.10 bits per heavy atom. The summed E-state index contributed by atoms with van der Waals surface area (Å²) in [5, 5.41) is 10.5. The molecule has 2 rings (SSSR count). The SMILES string of the molecule is CCNC(=NCc1ccsc1)NCc1ccc(C)c(F)c1. The molecule has 0 amide bonds. The second-order valence-corrected chi connectivity index (χ2v) is 5.54. The summed E-state index contributed by atoms with van der Waals surface area (Å²) in [6, 6.07) is 7.34. The van der Waals surface area contributed by atoms with Crippen molar-refractivity contribution in [1.82, 2.24) is 10.6 Å². The second kappa shape index (κ2) is 7.78. The number of nitrogens with zero attached hydrogens (tertiary/aromatic N) is 1. The van der Waals surface area contributed by atoms with Crippen LogP contribution >= 0.6 is 11.3 Å². The van der Waals surface area contributed by atoms with E-state index in [9.17, 15) is 4.39 Å². The van der Waals surface area contributed by atoms with Gasteiger partial charge in [-0.25, -0.2) is 9.38 Å². The quantitative estimate of drug-likeness (QED) is 0.656. The standard InChI is InChI=1S/C16H20FN3S/c1-3-18-16(20-10-14-6-7-21-11-14)19-9-13-5-4-12(2)15(17)8-13/h4-8,11H,3,9-10H2,1-2H3,(H2,18,19,20). The Labute approximate surface area is 128 Å². The zero-order valence-electron chi connectivity index (χ0n) is 12.3. The molecule has 21 heavy (non-hydrogen) atoms. The Hall–Kier alpha value is -1.88. The maximum Gasteiger partial charge on any atom is 0.191 e. The van der Waals surface area contributed by atoms with E-state index in [1.807, 2.05) is 18.4 Å². The third kappa shape index (κ3) is 4.86. The minimum Gasteiger partial charge on any atom is -0.357 e. The van der Waals surface area contributed by atoms with Gasteiger partial charge in [0, 0.05) is 13.1 Å². The van der Waals surface area contributed by atoms with E-state index in [-0.39, 0.29) is 5.82 Å². The maximum absolute atomic E-state index is 13.5. The molecule has 3 nitrogen and oxygen atoms in total. The van der Waals surface area contributed by atoms with Gasteiger partial charge in [0.05, 0.1) is 6.54 Å². The Balaban J connectivity index is 1.95. The molecular weight excluding hydrogens is 285 g/mol. The van der Waals surface area contributed by atoms with Crippen LogP contribution < -0.4 is 10.6 Å². The van der Waals surface area contributed by atoms with Crippen molar-refractivity contribution in [2.75, 3.05) is 6.54 Å². The van der Waals surface area contributed by atoms with Gasteiger partial charge in [-0.3, -0.25) is 0 Å². The molecule has 0 saturated heterocycles. The molecule has 1 heterocycles. The van der Waals surface area contributed by atoms with Crippen LogP contribution in [-0.2, 0) is 13.1 Å². The van der Waals surface area contributed by atoms with E-state index >= 15 is 0 Å². The molecule has 2 aromatic rings. The number of hydrogen-bond acceptors (Lipinski definition) is 2. The van der Waals surface area contributed by atoms with E-state index in [1.165, 1.54) is 5.56 Å². The average Bonchev–Trinajstić information content (AvgIpc) is 2.99. The summed E-state index contributed by atoms with van der Waals surface area (Å²) in [4.78, 5) is 4.52. The predicted octanol–water partition coefficient (Wildman–Crippen LogP) is 3.45. The topological polar surface area (TPSA) is 36.4 Å². The lowest BCUT2D eigenvalue weighted by atomic mass is 10.1. The summed E-state index contributed by atoms with van der Waals surface area (Å²) in [5.74, 6) is 0.569. The zero-order chi connectivity index (χ0) is 15.1. The Bertz CT molecular complexity index is 594. The molecule has 5 heteroatoms. The van der Waals surface area contributed by atoms with Crippen molar-refractivity contribution < 1.29 is 4.39 Å². The molecule has 0 unspecified atom stereocenters. The van der Waals surface area contributed by atoms with Gasteiger partial charge in [-0.15, -0.1) is 0 Å². The highest BCUT2D eigenvalue weighted by Gasteiger charge is 2.02. The third-order valence-corrected chi connectivity index (χ3v) is 3.77. The van der Waals surface area contributed by atoms with Crippen molar-refractivity contribution in [3.05, 3.63) is 57.5 Å². The van der Waals surface area contributed by atoms with Crippen LogP contribution in [0.4, 0.5) is 4.39 Å². The molecule has 0 aliphatic heterocycles. The van der Waals surface area contributed by atoms with Crippen molar-refractivity contribution in [3.8, 4) is 0 Å². The van der Waals surface area contributed by atoms with E-state index in [0.29, 0.717) is 18.7 Å². The van der Waals surface area contributed by atoms with E-state index < -0.39 is 0 Å². The molecule has 112 valence electrons. The fraction of sp³-hybridized carbons (Fsp3) is 0.312. The number of halogens is 1. The largest absolute Gasteiger partial charge is 0.357 e. The predicted molar refractivity (Wildman–Crippen MR) is 87.1 cm³/mol. The van der Waals surface area contributed by atoms with Crippen LogP contribution in [0.25, 0.3) is 0 Å². The van der Waals surface area contributed by atoms with Crippen LogP contribution in [0.3, 0.4) is 0 Å². The molecule has 0 bridgehead atoms. The number of rotatable bonds is 5. The molecule has 0 radical (unpaired) electrons.